The smallest absolute Gasteiger partial charge is 0.0701 e. The average Bonchev–Trinajstić information content (AvgIpc) is 2.54. The number of hydrogen-bond acceptors (Lipinski definition) is 3. The van der Waals surface area contributed by atoms with Gasteiger partial charge in [-0.3, -0.25) is 0 Å². The van der Waals surface area contributed by atoms with Crippen LogP contribution < -0.4 is 0 Å². The molecule has 116 valence electrons. The van der Waals surface area contributed by atoms with Crippen LogP contribution in [0.3, 0.4) is 0 Å². The molecule has 2 aliphatic heterocycles. The highest BCUT2D eigenvalue weighted by Gasteiger charge is 2.40. The van der Waals surface area contributed by atoms with Gasteiger partial charge in [-0.1, -0.05) is 30.3 Å². The Morgan fingerprint density at radius 1 is 1.24 bits per heavy atom. The number of aliphatic hydroxyl groups is 1. The van der Waals surface area contributed by atoms with Gasteiger partial charge in [0.15, 0.2) is 0 Å². The van der Waals surface area contributed by atoms with E-state index in [1.165, 1.54) is 29.9 Å². The zero-order chi connectivity index (χ0) is 14.5. The Labute approximate surface area is 132 Å². The molecule has 21 heavy (non-hydrogen) atoms. The zero-order valence-electron chi connectivity index (χ0n) is 12.7. The zero-order valence-corrected chi connectivity index (χ0v) is 13.5. The van der Waals surface area contributed by atoms with Crippen LogP contribution in [-0.2, 0) is 11.2 Å². The van der Waals surface area contributed by atoms with Crippen molar-refractivity contribution in [2.45, 2.75) is 50.2 Å². The van der Waals surface area contributed by atoms with Gasteiger partial charge < -0.3 is 9.84 Å². The van der Waals surface area contributed by atoms with Crippen molar-refractivity contribution >= 4 is 11.8 Å². The van der Waals surface area contributed by atoms with E-state index in [4.69, 9.17) is 4.74 Å². The number of hydrogen-bond donors (Lipinski definition) is 1. The number of ether oxygens (including phenoxy) is 1. The molecule has 2 saturated heterocycles. The van der Waals surface area contributed by atoms with E-state index in [1.807, 2.05) is 17.8 Å². The first-order valence-electron chi connectivity index (χ1n) is 8.21. The molecule has 1 aromatic carbocycles. The fourth-order valence-electron chi connectivity index (χ4n) is 3.68. The van der Waals surface area contributed by atoms with Crippen LogP contribution >= 0.6 is 11.8 Å². The molecular formula is C18H26O2S. The van der Waals surface area contributed by atoms with Gasteiger partial charge in [0.25, 0.3) is 0 Å². The van der Waals surface area contributed by atoms with Gasteiger partial charge in [0.05, 0.1) is 11.7 Å². The molecule has 0 amide bonds. The van der Waals surface area contributed by atoms with Gasteiger partial charge in [0, 0.05) is 6.61 Å². The van der Waals surface area contributed by atoms with Crippen molar-refractivity contribution in [3.05, 3.63) is 35.9 Å². The SMILES string of the molecule is OC(CCc1ccccc1)C1CCOC2(CCSCC2)C1. The van der Waals surface area contributed by atoms with E-state index in [9.17, 15) is 5.11 Å². The van der Waals surface area contributed by atoms with Crippen molar-refractivity contribution < 1.29 is 9.84 Å². The standard InChI is InChI=1S/C18H26O2S/c19-17(7-6-15-4-2-1-3-5-15)16-8-11-20-18(14-16)9-12-21-13-10-18/h1-5,16-17,19H,6-14H2. The highest BCUT2D eigenvalue weighted by Crippen LogP contribution is 2.41. The second-order valence-electron chi connectivity index (χ2n) is 6.49. The monoisotopic (exact) mass is 306 g/mol. The molecule has 3 rings (SSSR count). The molecule has 3 heteroatoms. The van der Waals surface area contributed by atoms with Crippen LogP contribution in [0.5, 0.6) is 0 Å². The van der Waals surface area contributed by atoms with E-state index in [-0.39, 0.29) is 11.7 Å². The molecule has 0 aromatic heterocycles. The van der Waals surface area contributed by atoms with Crippen molar-refractivity contribution in [1.82, 2.24) is 0 Å². The Bertz CT molecular complexity index is 423. The maximum Gasteiger partial charge on any atom is 0.0701 e. The normalized spacial score (nSPS) is 26.6. The topological polar surface area (TPSA) is 29.5 Å². The summed E-state index contributed by atoms with van der Waals surface area (Å²) in [6, 6.07) is 10.5. The molecule has 0 bridgehead atoms. The minimum absolute atomic E-state index is 0.0852. The molecular weight excluding hydrogens is 280 g/mol. The lowest BCUT2D eigenvalue weighted by Gasteiger charge is -2.44. The molecule has 2 atom stereocenters. The van der Waals surface area contributed by atoms with Gasteiger partial charge in [-0.25, -0.2) is 0 Å². The molecule has 2 aliphatic rings. The lowest BCUT2D eigenvalue weighted by Crippen LogP contribution is -2.45. The van der Waals surface area contributed by atoms with E-state index in [2.05, 4.69) is 24.3 Å². The van der Waals surface area contributed by atoms with Crippen LogP contribution in [0.2, 0.25) is 0 Å². The maximum atomic E-state index is 10.6. The summed E-state index contributed by atoms with van der Waals surface area (Å²) in [5.74, 6) is 2.85. The first-order chi connectivity index (χ1) is 10.3. The highest BCUT2D eigenvalue weighted by atomic mass is 32.2. The molecule has 0 aliphatic carbocycles. The lowest BCUT2D eigenvalue weighted by atomic mass is 9.78. The summed E-state index contributed by atoms with van der Waals surface area (Å²) < 4.78 is 6.13. The number of rotatable bonds is 4. The summed E-state index contributed by atoms with van der Waals surface area (Å²) in [5.41, 5.74) is 1.41. The van der Waals surface area contributed by atoms with Crippen LogP contribution in [-0.4, -0.2) is 34.9 Å². The molecule has 2 heterocycles. The Morgan fingerprint density at radius 2 is 2.00 bits per heavy atom. The second kappa shape index (κ2) is 7.17. The van der Waals surface area contributed by atoms with E-state index in [1.54, 1.807) is 0 Å². The molecule has 1 aromatic rings. The van der Waals surface area contributed by atoms with Crippen molar-refractivity contribution in [2.75, 3.05) is 18.1 Å². The summed E-state index contributed by atoms with van der Waals surface area (Å²) in [4.78, 5) is 0. The number of aryl methyl sites for hydroxylation is 1. The Morgan fingerprint density at radius 3 is 2.76 bits per heavy atom. The largest absolute Gasteiger partial charge is 0.393 e. The van der Waals surface area contributed by atoms with Crippen molar-refractivity contribution in [1.29, 1.82) is 0 Å². The number of aliphatic hydroxyl groups excluding tert-OH is 1. The summed E-state index contributed by atoms with van der Waals surface area (Å²) in [7, 11) is 0. The quantitative estimate of drug-likeness (QED) is 0.920. The van der Waals surface area contributed by atoms with Crippen molar-refractivity contribution in [3.63, 3.8) is 0 Å². The van der Waals surface area contributed by atoms with Crippen LogP contribution in [0.1, 0.15) is 37.7 Å². The number of benzene rings is 1. The van der Waals surface area contributed by atoms with Crippen LogP contribution in [0, 0.1) is 5.92 Å². The molecule has 2 unspecified atom stereocenters. The molecule has 1 N–H and O–H groups in total. The summed E-state index contributed by atoms with van der Waals surface area (Å²) in [6.45, 7) is 0.831. The van der Waals surface area contributed by atoms with Crippen molar-refractivity contribution in [3.8, 4) is 0 Å². The van der Waals surface area contributed by atoms with Gasteiger partial charge in [-0.15, -0.1) is 0 Å². The molecule has 2 fully saturated rings. The van der Waals surface area contributed by atoms with Crippen LogP contribution in [0.4, 0.5) is 0 Å². The molecule has 1 spiro atoms. The highest BCUT2D eigenvalue weighted by molar-refractivity contribution is 7.99. The van der Waals surface area contributed by atoms with Gasteiger partial charge in [0.1, 0.15) is 0 Å². The van der Waals surface area contributed by atoms with E-state index >= 15 is 0 Å². The fourth-order valence-corrected chi connectivity index (χ4v) is 4.92. The fraction of sp³-hybridized carbons (Fsp3) is 0.667. The van der Waals surface area contributed by atoms with Crippen molar-refractivity contribution in [2.24, 2.45) is 5.92 Å². The third-order valence-corrected chi connectivity index (χ3v) is 6.04. The summed E-state index contributed by atoms with van der Waals surface area (Å²) >= 11 is 2.04. The molecule has 0 radical (unpaired) electrons. The first-order valence-corrected chi connectivity index (χ1v) is 9.37. The average molecular weight is 306 g/mol. The summed E-state index contributed by atoms with van der Waals surface area (Å²) in [6.07, 6.45) is 6.08. The molecule has 2 nitrogen and oxygen atoms in total. The summed E-state index contributed by atoms with van der Waals surface area (Å²) in [5, 5.41) is 10.6. The molecule has 0 saturated carbocycles. The maximum absolute atomic E-state index is 10.6. The predicted octanol–water partition coefficient (Wildman–Crippen LogP) is 3.67. The van der Waals surface area contributed by atoms with E-state index in [0.717, 1.165) is 32.3 Å². The van der Waals surface area contributed by atoms with Gasteiger partial charge in [-0.05, 0) is 61.5 Å². The lowest BCUT2D eigenvalue weighted by molar-refractivity contribution is -0.121. The third kappa shape index (κ3) is 4.02. The van der Waals surface area contributed by atoms with E-state index < -0.39 is 0 Å². The van der Waals surface area contributed by atoms with E-state index in [0.29, 0.717) is 5.92 Å². The Kier molecular flexibility index (Phi) is 5.25. The van der Waals surface area contributed by atoms with Gasteiger partial charge in [0.2, 0.25) is 0 Å². The van der Waals surface area contributed by atoms with Crippen LogP contribution in [0.25, 0.3) is 0 Å². The number of thioether (sulfide) groups is 1. The van der Waals surface area contributed by atoms with Crippen LogP contribution in [0.15, 0.2) is 30.3 Å². The second-order valence-corrected chi connectivity index (χ2v) is 7.71. The minimum Gasteiger partial charge on any atom is -0.393 e. The van der Waals surface area contributed by atoms with Gasteiger partial charge in [-0.2, -0.15) is 11.8 Å². The Hall–Kier alpha value is -0.510. The van der Waals surface area contributed by atoms with Gasteiger partial charge >= 0.3 is 0 Å². The Balaban J connectivity index is 1.53. The predicted molar refractivity (Wildman–Crippen MR) is 88.7 cm³/mol. The third-order valence-electron chi connectivity index (χ3n) is 5.05. The minimum atomic E-state index is -0.180. The first kappa shape index (κ1) is 15.4.